The van der Waals surface area contributed by atoms with E-state index in [0.29, 0.717) is 11.2 Å². The van der Waals surface area contributed by atoms with Gasteiger partial charge in [0.2, 0.25) is 0 Å². The Hall–Kier alpha value is -1.95. The second-order valence-electron chi connectivity index (χ2n) is 5.30. The predicted octanol–water partition coefficient (Wildman–Crippen LogP) is 2.89. The van der Waals surface area contributed by atoms with Crippen molar-refractivity contribution in [3.63, 3.8) is 0 Å². The molecule has 1 aliphatic rings. The fraction of sp³-hybridized carbons (Fsp3) is 0.400. The van der Waals surface area contributed by atoms with Crippen LogP contribution in [0, 0.1) is 0 Å². The zero-order chi connectivity index (χ0) is 14.5. The minimum atomic E-state index is 0.493. The molecule has 0 unspecified atom stereocenters. The van der Waals surface area contributed by atoms with Crippen molar-refractivity contribution in [2.75, 3.05) is 5.32 Å². The number of pyridine rings is 1. The summed E-state index contributed by atoms with van der Waals surface area (Å²) >= 11 is 5.43. The molecule has 1 aliphatic carbocycles. The van der Waals surface area contributed by atoms with Crippen molar-refractivity contribution in [3.8, 4) is 5.69 Å². The largest absolute Gasteiger partial charge is 0.360 e. The number of thiocarbonyl (C=S) groups is 1. The minimum Gasteiger partial charge on any atom is -0.360 e. The molecule has 0 spiro atoms. The van der Waals surface area contributed by atoms with Gasteiger partial charge in [-0.2, -0.15) is 0 Å². The van der Waals surface area contributed by atoms with Gasteiger partial charge in [-0.15, -0.1) is 0 Å². The highest BCUT2D eigenvalue weighted by Gasteiger charge is 2.14. The molecule has 0 amide bonds. The van der Waals surface area contributed by atoms with Gasteiger partial charge in [0.15, 0.2) is 5.11 Å². The Morgan fingerprint density at radius 2 is 2.05 bits per heavy atom. The number of rotatable bonds is 3. The van der Waals surface area contributed by atoms with Crippen LogP contribution in [0.1, 0.15) is 32.1 Å². The molecule has 0 radical (unpaired) electrons. The molecule has 2 heterocycles. The van der Waals surface area contributed by atoms with Crippen molar-refractivity contribution in [2.45, 2.75) is 38.1 Å². The maximum Gasteiger partial charge on any atom is 0.171 e. The lowest BCUT2D eigenvalue weighted by Crippen LogP contribution is -2.39. The lowest BCUT2D eigenvalue weighted by atomic mass is 9.96. The number of hydrogen-bond donors (Lipinski definition) is 2. The van der Waals surface area contributed by atoms with Gasteiger partial charge in [0, 0.05) is 24.6 Å². The van der Waals surface area contributed by atoms with Gasteiger partial charge in [0.1, 0.15) is 0 Å². The van der Waals surface area contributed by atoms with Crippen LogP contribution in [0.2, 0.25) is 0 Å². The minimum absolute atomic E-state index is 0.493. The molecule has 21 heavy (non-hydrogen) atoms. The van der Waals surface area contributed by atoms with Gasteiger partial charge in [-0.1, -0.05) is 19.3 Å². The average molecular weight is 301 g/mol. The summed E-state index contributed by atoms with van der Waals surface area (Å²) in [5.41, 5.74) is 1.86. The first-order chi connectivity index (χ1) is 10.3. The summed E-state index contributed by atoms with van der Waals surface area (Å²) in [6.45, 7) is 0. The molecule has 1 fully saturated rings. The third-order valence-corrected chi connectivity index (χ3v) is 3.99. The molecule has 0 bridgehead atoms. The molecule has 110 valence electrons. The monoisotopic (exact) mass is 301 g/mol. The van der Waals surface area contributed by atoms with Crippen molar-refractivity contribution in [3.05, 3.63) is 37.2 Å². The fourth-order valence-electron chi connectivity index (χ4n) is 2.70. The molecular weight excluding hydrogens is 282 g/mol. The van der Waals surface area contributed by atoms with Gasteiger partial charge in [-0.05, 0) is 31.1 Å². The SMILES string of the molecule is S=C(Nc1cnccc1-n1ccnc1)NC1CCCCC1. The highest BCUT2D eigenvalue weighted by atomic mass is 32.1. The fourth-order valence-corrected chi connectivity index (χ4v) is 2.98. The average Bonchev–Trinajstić information content (AvgIpc) is 3.03. The summed E-state index contributed by atoms with van der Waals surface area (Å²) in [5.74, 6) is 0. The Bertz CT molecular complexity index is 590. The molecule has 1 saturated carbocycles. The number of imidazole rings is 1. The van der Waals surface area contributed by atoms with Crippen molar-refractivity contribution in [1.82, 2.24) is 19.9 Å². The molecule has 2 aromatic rings. The molecule has 2 aromatic heterocycles. The van der Waals surface area contributed by atoms with E-state index in [0.717, 1.165) is 11.4 Å². The van der Waals surface area contributed by atoms with Gasteiger partial charge in [0.25, 0.3) is 0 Å². The van der Waals surface area contributed by atoms with Crippen LogP contribution in [0.25, 0.3) is 5.69 Å². The van der Waals surface area contributed by atoms with Crippen molar-refractivity contribution < 1.29 is 0 Å². The molecule has 0 aliphatic heterocycles. The van der Waals surface area contributed by atoms with Crippen LogP contribution in [-0.4, -0.2) is 25.7 Å². The van der Waals surface area contributed by atoms with Gasteiger partial charge >= 0.3 is 0 Å². The topological polar surface area (TPSA) is 54.8 Å². The first kappa shape index (κ1) is 14.0. The smallest absolute Gasteiger partial charge is 0.171 e. The van der Waals surface area contributed by atoms with Gasteiger partial charge in [-0.3, -0.25) is 4.98 Å². The number of anilines is 1. The molecular formula is C15H19N5S. The summed E-state index contributed by atoms with van der Waals surface area (Å²) in [6, 6.07) is 2.43. The van der Waals surface area contributed by atoms with Crippen LogP contribution in [0.15, 0.2) is 37.2 Å². The van der Waals surface area contributed by atoms with Gasteiger partial charge in [-0.25, -0.2) is 4.98 Å². The van der Waals surface area contributed by atoms with E-state index < -0.39 is 0 Å². The Labute approximate surface area is 129 Å². The maximum atomic E-state index is 5.43. The van der Waals surface area contributed by atoms with E-state index in [9.17, 15) is 0 Å². The maximum absolute atomic E-state index is 5.43. The summed E-state index contributed by atoms with van der Waals surface area (Å²) in [5, 5.41) is 7.33. The predicted molar refractivity (Wildman–Crippen MR) is 87.6 cm³/mol. The van der Waals surface area contributed by atoms with E-state index in [1.54, 1.807) is 24.9 Å². The first-order valence-corrected chi connectivity index (χ1v) is 7.73. The second-order valence-corrected chi connectivity index (χ2v) is 5.70. The quantitative estimate of drug-likeness (QED) is 0.854. The Balaban J connectivity index is 1.68. The Kier molecular flexibility index (Phi) is 4.45. The van der Waals surface area contributed by atoms with Crippen LogP contribution in [0.3, 0.4) is 0 Å². The van der Waals surface area contributed by atoms with Crippen LogP contribution < -0.4 is 10.6 Å². The Morgan fingerprint density at radius 1 is 1.19 bits per heavy atom. The normalized spacial score (nSPS) is 15.6. The summed E-state index contributed by atoms with van der Waals surface area (Å²) < 4.78 is 1.94. The summed E-state index contributed by atoms with van der Waals surface area (Å²) in [4.78, 5) is 8.25. The molecule has 5 nitrogen and oxygen atoms in total. The zero-order valence-corrected chi connectivity index (χ0v) is 12.6. The molecule has 0 saturated heterocycles. The number of hydrogen-bond acceptors (Lipinski definition) is 3. The summed E-state index contributed by atoms with van der Waals surface area (Å²) in [7, 11) is 0. The van der Waals surface area contributed by atoms with E-state index in [2.05, 4.69) is 20.6 Å². The molecule has 2 N–H and O–H groups in total. The van der Waals surface area contributed by atoms with E-state index in [4.69, 9.17) is 12.2 Å². The lowest BCUT2D eigenvalue weighted by Gasteiger charge is -2.24. The van der Waals surface area contributed by atoms with E-state index >= 15 is 0 Å². The molecule has 0 aromatic carbocycles. The summed E-state index contributed by atoms with van der Waals surface area (Å²) in [6.07, 6.45) is 15.3. The van der Waals surface area contributed by atoms with Gasteiger partial charge in [0.05, 0.1) is 23.9 Å². The standard InChI is InChI=1S/C15H19N5S/c21-15(18-12-4-2-1-3-5-12)19-13-10-16-7-6-14(13)20-9-8-17-11-20/h6-12H,1-5H2,(H2,18,19,21). The molecule has 6 heteroatoms. The number of nitrogens with zero attached hydrogens (tertiary/aromatic N) is 3. The number of nitrogens with one attached hydrogen (secondary N) is 2. The van der Waals surface area contributed by atoms with Crippen LogP contribution >= 0.6 is 12.2 Å². The molecule has 3 rings (SSSR count). The highest BCUT2D eigenvalue weighted by molar-refractivity contribution is 7.80. The zero-order valence-electron chi connectivity index (χ0n) is 11.8. The van der Waals surface area contributed by atoms with Crippen LogP contribution in [-0.2, 0) is 0 Å². The lowest BCUT2D eigenvalue weighted by molar-refractivity contribution is 0.415. The van der Waals surface area contributed by atoms with E-state index in [1.165, 1.54) is 32.1 Å². The first-order valence-electron chi connectivity index (χ1n) is 7.33. The Morgan fingerprint density at radius 3 is 2.81 bits per heavy atom. The third-order valence-electron chi connectivity index (χ3n) is 3.77. The van der Waals surface area contributed by atoms with Gasteiger partial charge < -0.3 is 15.2 Å². The highest BCUT2D eigenvalue weighted by Crippen LogP contribution is 2.20. The second kappa shape index (κ2) is 6.67. The third kappa shape index (κ3) is 3.58. The molecule has 0 atom stereocenters. The van der Waals surface area contributed by atoms with E-state index in [1.807, 2.05) is 16.8 Å². The van der Waals surface area contributed by atoms with Crippen molar-refractivity contribution >= 4 is 23.0 Å². The van der Waals surface area contributed by atoms with Crippen molar-refractivity contribution in [2.24, 2.45) is 0 Å². The number of aromatic nitrogens is 3. The van der Waals surface area contributed by atoms with E-state index in [-0.39, 0.29) is 0 Å². The van der Waals surface area contributed by atoms with Crippen LogP contribution in [0.5, 0.6) is 0 Å². The van der Waals surface area contributed by atoms with Crippen LogP contribution in [0.4, 0.5) is 5.69 Å². The van der Waals surface area contributed by atoms with Crippen molar-refractivity contribution in [1.29, 1.82) is 0 Å².